The summed E-state index contributed by atoms with van der Waals surface area (Å²) >= 11 is 2.96. The molecular weight excluding hydrogens is 430 g/mol. The van der Waals surface area contributed by atoms with E-state index in [9.17, 15) is 9.59 Å². The number of amides is 1. The highest BCUT2D eigenvalue weighted by Crippen LogP contribution is 2.35. The van der Waals surface area contributed by atoms with Gasteiger partial charge < -0.3 is 10.1 Å². The maximum Gasteiger partial charge on any atom is 0.263 e. The van der Waals surface area contributed by atoms with Crippen LogP contribution in [0.4, 0.5) is 0 Å². The van der Waals surface area contributed by atoms with Crippen LogP contribution in [0.3, 0.4) is 0 Å². The number of methoxy groups -OCH3 is 1. The molecule has 1 atom stereocenters. The van der Waals surface area contributed by atoms with Crippen molar-refractivity contribution in [3.63, 3.8) is 0 Å². The molecule has 31 heavy (non-hydrogen) atoms. The fourth-order valence-corrected chi connectivity index (χ4v) is 6.24. The van der Waals surface area contributed by atoms with Gasteiger partial charge in [-0.05, 0) is 44.2 Å². The lowest BCUT2D eigenvalue weighted by molar-refractivity contribution is -0.119. The van der Waals surface area contributed by atoms with Gasteiger partial charge in [0, 0.05) is 17.0 Å². The number of hydrogen-bond acceptors (Lipinski definition) is 6. The first-order chi connectivity index (χ1) is 15.0. The molecule has 0 saturated heterocycles. The van der Waals surface area contributed by atoms with Gasteiger partial charge in [0.1, 0.15) is 10.6 Å². The summed E-state index contributed by atoms with van der Waals surface area (Å²) in [7, 11) is 1.62. The van der Waals surface area contributed by atoms with E-state index in [-0.39, 0.29) is 23.3 Å². The van der Waals surface area contributed by atoms with Gasteiger partial charge in [0.05, 0.1) is 24.3 Å². The number of fused-ring (bicyclic) bond motifs is 3. The molecule has 1 unspecified atom stereocenters. The summed E-state index contributed by atoms with van der Waals surface area (Å²) in [5.74, 6) is 0.846. The zero-order valence-electron chi connectivity index (χ0n) is 18.1. The van der Waals surface area contributed by atoms with Crippen molar-refractivity contribution < 1.29 is 9.53 Å². The second-order valence-corrected chi connectivity index (χ2v) is 9.73. The monoisotopic (exact) mass is 457 g/mol. The molecule has 0 saturated carbocycles. The van der Waals surface area contributed by atoms with E-state index < -0.39 is 0 Å². The highest BCUT2D eigenvalue weighted by molar-refractivity contribution is 7.99. The highest BCUT2D eigenvalue weighted by atomic mass is 32.2. The predicted octanol–water partition coefficient (Wildman–Crippen LogP) is 4.33. The molecule has 1 aliphatic carbocycles. The first-order valence-electron chi connectivity index (χ1n) is 10.6. The normalized spacial score (nSPS) is 13.9. The standard InChI is InChI=1S/C23H27N3O3S2/c1-4-12-26-22(28)20-16-9-7-11-18(16)31-21(20)25-23(26)30-13-19(27)24-14(2)15-8-5-6-10-17(15)29-3/h5-6,8,10,14H,4,7,9,11-13H2,1-3H3,(H,24,27). The first kappa shape index (κ1) is 21.9. The lowest BCUT2D eigenvalue weighted by atomic mass is 10.1. The minimum absolute atomic E-state index is 0.0385. The third-order valence-corrected chi connectivity index (χ3v) is 7.71. The zero-order valence-corrected chi connectivity index (χ0v) is 19.7. The molecule has 6 nitrogen and oxygen atoms in total. The van der Waals surface area contributed by atoms with Crippen molar-refractivity contribution in [1.82, 2.24) is 14.9 Å². The topological polar surface area (TPSA) is 73.2 Å². The molecule has 2 heterocycles. The molecule has 4 rings (SSSR count). The summed E-state index contributed by atoms with van der Waals surface area (Å²) in [6, 6.07) is 7.48. The van der Waals surface area contributed by atoms with Crippen molar-refractivity contribution in [2.24, 2.45) is 0 Å². The van der Waals surface area contributed by atoms with E-state index in [0.717, 1.165) is 47.2 Å². The smallest absolute Gasteiger partial charge is 0.263 e. The van der Waals surface area contributed by atoms with E-state index in [4.69, 9.17) is 9.72 Å². The first-order valence-corrected chi connectivity index (χ1v) is 12.4. The Morgan fingerprint density at radius 2 is 2.16 bits per heavy atom. The van der Waals surface area contributed by atoms with Crippen molar-refractivity contribution in [3.8, 4) is 5.75 Å². The van der Waals surface area contributed by atoms with Crippen LogP contribution in [0.1, 0.15) is 48.7 Å². The molecular formula is C23H27N3O3S2. The van der Waals surface area contributed by atoms with Crippen molar-refractivity contribution in [2.45, 2.75) is 57.3 Å². The maximum absolute atomic E-state index is 13.2. The van der Waals surface area contributed by atoms with E-state index in [2.05, 4.69) is 5.32 Å². The van der Waals surface area contributed by atoms with Gasteiger partial charge in [-0.15, -0.1) is 11.3 Å². The van der Waals surface area contributed by atoms with E-state index in [1.165, 1.54) is 22.2 Å². The van der Waals surface area contributed by atoms with E-state index in [1.54, 1.807) is 23.0 Å². The number of rotatable bonds is 8. The van der Waals surface area contributed by atoms with Gasteiger partial charge in [-0.3, -0.25) is 14.2 Å². The zero-order chi connectivity index (χ0) is 22.0. The van der Waals surface area contributed by atoms with Crippen LogP contribution in [0.25, 0.3) is 10.2 Å². The lowest BCUT2D eigenvalue weighted by Crippen LogP contribution is -2.29. The Balaban J connectivity index is 1.52. The van der Waals surface area contributed by atoms with Gasteiger partial charge in [0.2, 0.25) is 5.91 Å². The van der Waals surface area contributed by atoms with Gasteiger partial charge in [-0.25, -0.2) is 4.98 Å². The SMILES string of the molecule is CCCn1c(SCC(=O)NC(C)c2ccccc2OC)nc2sc3c(c2c1=O)CCC3. The van der Waals surface area contributed by atoms with Crippen LogP contribution in [0.15, 0.2) is 34.2 Å². The van der Waals surface area contributed by atoms with Crippen LogP contribution >= 0.6 is 23.1 Å². The van der Waals surface area contributed by atoms with Crippen molar-refractivity contribution in [1.29, 1.82) is 0 Å². The Morgan fingerprint density at radius 1 is 1.35 bits per heavy atom. The Kier molecular flexibility index (Phi) is 6.67. The van der Waals surface area contributed by atoms with Crippen LogP contribution in [0.2, 0.25) is 0 Å². The molecule has 1 amide bonds. The summed E-state index contributed by atoms with van der Waals surface area (Å²) in [5, 5.41) is 4.44. The molecule has 8 heteroatoms. The number of aryl methyl sites for hydroxylation is 2. The quantitative estimate of drug-likeness (QED) is 0.402. The Bertz CT molecular complexity index is 1170. The minimum Gasteiger partial charge on any atom is -0.496 e. The van der Waals surface area contributed by atoms with Crippen LogP contribution in [-0.4, -0.2) is 28.3 Å². The minimum atomic E-state index is -0.183. The van der Waals surface area contributed by atoms with Gasteiger partial charge in [-0.2, -0.15) is 0 Å². The van der Waals surface area contributed by atoms with Crippen molar-refractivity contribution in [3.05, 3.63) is 50.6 Å². The molecule has 1 N–H and O–H groups in total. The second kappa shape index (κ2) is 9.44. The second-order valence-electron chi connectivity index (χ2n) is 7.71. The molecule has 3 aromatic rings. The molecule has 0 fully saturated rings. The molecule has 0 radical (unpaired) electrons. The molecule has 0 bridgehead atoms. The van der Waals surface area contributed by atoms with Crippen LogP contribution in [-0.2, 0) is 24.2 Å². The number of carbonyl (C=O) groups is 1. The molecule has 1 aromatic carbocycles. The highest BCUT2D eigenvalue weighted by Gasteiger charge is 2.23. The molecule has 164 valence electrons. The Morgan fingerprint density at radius 3 is 2.94 bits per heavy atom. The third-order valence-electron chi connectivity index (χ3n) is 5.55. The summed E-state index contributed by atoms with van der Waals surface area (Å²) in [6.45, 7) is 4.59. The van der Waals surface area contributed by atoms with Gasteiger partial charge >= 0.3 is 0 Å². The molecule has 0 spiro atoms. The number of thiophene rings is 1. The Labute approximate surface area is 190 Å². The number of para-hydroxylation sites is 1. The molecule has 0 aliphatic heterocycles. The number of nitrogens with zero attached hydrogens (tertiary/aromatic N) is 2. The summed E-state index contributed by atoms with van der Waals surface area (Å²) < 4.78 is 7.14. The van der Waals surface area contributed by atoms with E-state index >= 15 is 0 Å². The Hall–Kier alpha value is -2.32. The van der Waals surface area contributed by atoms with Gasteiger partial charge in [0.25, 0.3) is 5.56 Å². The fraction of sp³-hybridized carbons (Fsp3) is 0.435. The number of carbonyl (C=O) groups excluding carboxylic acids is 1. The lowest BCUT2D eigenvalue weighted by Gasteiger charge is -2.17. The maximum atomic E-state index is 13.2. The summed E-state index contributed by atoms with van der Waals surface area (Å²) in [4.78, 5) is 32.8. The van der Waals surface area contributed by atoms with Crippen LogP contribution in [0.5, 0.6) is 5.75 Å². The fourth-order valence-electron chi connectivity index (χ4n) is 4.10. The average Bonchev–Trinajstić information content (AvgIpc) is 3.35. The van der Waals surface area contributed by atoms with Gasteiger partial charge in [-0.1, -0.05) is 36.9 Å². The number of nitrogens with one attached hydrogen (secondary N) is 1. The van der Waals surface area contributed by atoms with Crippen LogP contribution < -0.4 is 15.6 Å². The van der Waals surface area contributed by atoms with E-state index in [1.807, 2.05) is 38.1 Å². The largest absolute Gasteiger partial charge is 0.496 e. The number of benzene rings is 1. The van der Waals surface area contributed by atoms with Crippen molar-refractivity contribution in [2.75, 3.05) is 12.9 Å². The number of aromatic nitrogens is 2. The predicted molar refractivity (Wildman–Crippen MR) is 126 cm³/mol. The third kappa shape index (κ3) is 4.36. The number of ether oxygens (including phenoxy) is 1. The molecule has 1 aliphatic rings. The van der Waals surface area contributed by atoms with Crippen LogP contribution in [0, 0.1) is 0 Å². The number of hydrogen-bond donors (Lipinski definition) is 1. The summed E-state index contributed by atoms with van der Waals surface area (Å²) in [6.07, 6.45) is 3.96. The van der Waals surface area contributed by atoms with E-state index in [0.29, 0.717) is 11.7 Å². The average molecular weight is 458 g/mol. The molecule has 2 aromatic heterocycles. The van der Waals surface area contributed by atoms with Crippen molar-refractivity contribution >= 4 is 39.2 Å². The number of thioether (sulfide) groups is 1. The summed E-state index contributed by atoms with van der Waals surface area (Å²) in [5.41, 5.74) is 2.16. The van der Waals surface area contributed by atoms with Gasteiger partial charge in [0.15, 0.2) is 5.16 Å².